The molecule has 0 unspecified atom stereocenters. The molecule has 6 nitrogen and oxygen atoms in total. The highest BCUT2D eigenvalue weighted by Gasteiger charge is 2.31. The number of aromatic nitrogens is 3. The Hall–Kier alpha value is -3.10. The number of carbonyl (C=O) groups is 1. The molecule has 0 bridgehead atoms. The molecule has 0 spiro atoms. The van der Waals surface area contributed by atoms with Gasteiger partial charge >= 0.3 is 12.3 Å². The highest BCUT2D eigenvalue weighted by molar-refractivity contribution is 5.68. The van der Waals surface area contributed by atoms with Crippen molar-refractivity contribution < 1.29 is 22.7 Å². The molecule has 1 aliphatic heterocycles. The van der Waals surface area contributed by atoms with Crippen LogP contribution in [0.4, 0.5) is 18.0 Å². The number of hydrogen-bond acceptors (Lipinski definition) is 4. The van der Waals surface area contributed by atoms with Crippen molar-refractivity contribution in [2.24, 2.45) is 5.92 Å². The normalized spacial score (nSPS) is 15.8. The van der Waals surface area contributed by atoms with E-state index in [-0.39, 0.29) is 6.09 Å². The van der Waals surface area contributed by atoms with Crippen molar-refractivity contribution in [2.75, 3.05) is 13.1 Å². The zero-order valence-electron chi connectivity index (χ0n) is 18.9. The van der Waals surface area contributed by atoms with Gasteiger partial charge in [0.25, 0.3) is 0 Å². The van der Waals surface area contributed by atoms with Gasteiger partial charge in [-0.25, -0.2) is 9.78 Å². The molecule has 9 heteroatoms. The summed E-state index contributed by atoms with van der Waals surface area (Å²) in [6.07, 6.45) is 2.75. The molecule has 1 aromatic carbocycles. The first-order chi connectivity index (χ1) is 15.5. The summed E-state index contributed by atoms with van der Waals surface area (Å²) in [6, 6.07) is 5.24. The Morgan fingerprint density at radius 3 is 2.52 bits per heavy atom. The predicted octanol–water partition coefficient (Wildman–Crippen LogP) is 5.60. The summed E-state index contributed by atoms with van der Waals surface area (Å²) in [5, 5.41) is 0. The van der Waals surface area contributed by atoms with Crippen LogP contribution in [-0.2, 0) is 17.3 Å². The van der Waals surface area contributed by atoms with Crippen LogP contribution in [0, 0.1) is 5.92 Å². The summed E-state index contributed by atoms with van der Waals surface area (Å²) in [6.45, 7) is 6.81. The smallest absolute Gasteiger partial charge is 0.416 e. The Bertz CT molecular complexity index is 1140. The zero-order valence-corrected chi connectivity index (χ0v) is 18.9. The Balaban J connectivity index is 1.47. The molecule has 0 N–H and O–H groups in total. The van der Waals surface area contributed by atoms with Crippen LogP contribution in [-0.4, -0.2) is 44.1 Å². The van der Waals surface area contributed by atoms with Crippen molar-refractivity contribution >= 4 is 11.7 Å². The number of amides is 1. The number of imidazole rings is 1. The predicted molar refractivity (Wildman–Crippen MR) is 118 cm³/mol. The maximum Gasteiger partial charge on any atom is 0.416 e. The van der Waals surface area contributed by atoms with Gasteiger partial charge < -0.3 is 9.64 Å². The van der Waals surface area contributed by atoms with Crippen molar-refractivity contribution in [1.82, 2.24) is 19.3 Å². The van der Waals surface area contributed by atoms with Crippen molar-refractivity contribution in [3.8, 4) is 11.3 Å². The van der Waals surface area contributed by atoms with Crippen LogP contribution < -0.4 is 0 Å². The molecular formula is C24H27F3N4O2. The third-order valence-electron chi connectivity index (χ3n) is 5.70. The number of rotatable bonds is 3. The lowest BCUT2D eigenvalue weighted by Gasteiger charge is -2.33. The van der Waals surface area contributed by atoms with Crippen LogP contribution in [0.3, 0.4) is 0 Å². The van der Waals surface area contributed by atoms with Crippen molar-refractivity contribution in [1.29, 1.82) is 0 Å². The van der Waals surface area contributed by atoms with Crippen LogP contribution in [0.5, 0.6) is 0 Å². The molecule has 0 radical (unpaired) electrons. The van der Waals surface area contributed by atoms with Crippen LogP contribution in [0.15, 0.2) is 42.9 Å². The SMILES string of the molecule is CC(C)(C)OC(=O)N1CCC(Cc2cn3c(-c4cccc(C(F)(F)F)c4)cnc3cn2)CC1. The molecule has 4 rings (SSSR count). The number of benzene rings is 1. The van der Waals surface area contributed by atoms with E-state index in [0.717, 1.165) is 37.1 Å². The number of ether oxygens (including phenoxy) is 1. The molecule has 1 amide bonds. The summed E-state index contributed by atoms with van der Waals surface area (Å²) in [7, 11) is 0. The van der Waals surface area contributed by atoms with Gasteiger partial charge in [-0.3, -0.25) is 9.38 Å². The Morgan fingerprint density at radius 2 is 1.85 bits per heavy atom. The summed E-state index contributed by atoms with van der Waals surface area (Å²) in [4.78, 5) is 22.8. The fourth-order valence-corrected chi connectivity index (χ4v) is 4.05. The van der Waals surface area contributed by atoms with Gasteiger partial charge in [-0.2, -0.15) is 13.2 Å². The van der Waals surface area contributed by atoms with E-state index in [1.54, 1.807) is 27.8 Å². The van der Waals surface area contributed by atoms with Crippen LogP contribution in [0.25, 0.3) is 16.9 Å². The van der Waals surface area contributed by atoms with E-state index in [2.05, 4.69) is 9.97 Å². The first-order valence-electron chi connectivity index (χ1n) is 11.0. The van der Waals surface area contributed by atoms with Gasteiger partial charge in [0.2, 0.25) is 0 Å². The maximum absolute atomic E-state index is 13.1. The molecule has 0 saturated carbocycles. The lowest BCUT2D eigenvalue weighted by Crippen LogP contribution is -2.42. The minimum atomic E-state index is -4.41. The summed E-state index contributed by atoms with van der Waals surface area (Å²) >= 11 is 0. The summed E-state index contributed by atoms with van der Waals surface area (Å²) in [5.41, 5.74) is 1.23. The lowest BCUT2D eigenvalue weighted by molar-refractivity contribution is -0.137. The van der Waals surface area contributed by atoms with Gasteiger partial charge in [-0.15, -0.1) is 0 Å². The fourth-order valence-electron chi connectivity index (χ4n) is 4.05. The summed E-state index contributed by atoms with van der Waals surface area (Å²) < 4.78 is 46.7. The molecule has 2 aromatic heterocycles. The van der Waals surface area contributed by atoms with Gasteiger partial charge in [-0.05, 0) is 58.1 Å². The standard InChI is InChI=1S/C24H27F3N4O2/c1-23(2,3)33-22(32)30-9-7-16(8-10-30)11-19-15-31-20(13-29-21(31)14-28-19)17-5-4-6-18(12-17)24(25,26)27/h4-6,12-16H,7-11H2,1-3H3. The average molecular weight is 461 g/mol. The number of piperidine rings is 1. The van der Waals surface area contributed by atoms with Crippen molar-refractivity contribution in [3.05, 3.63) is 54.1 Å². The molecule has 1 aliphatic rings. The number of carbonyl (C=O) groups excluding carboxylic acids is 1. The van der Waals surface area contributed by atoms with Gasteiger partial charge in [0.15, 0.2) is 5.65 Å². The third kappa shape index (κ3) is 5.46. The topological polar surface area (TPSA) is 59.7 Å². The minimum absolute atomic E-state index is 0.287. The second-order valence-electron chi connectivity index (χ2n) is 9.44. The number of alkyl halides is 3. The van der Waals surface area contributed by atoms with Crippen LogP contribution >= 0.6 is 0 Å². The molecule has 0 aliphatic carbocycles. The van der Waals surface area contributed by atoms with Crippen molar-refractivity contribution in [3.63, 3.8) is 0 Å². The van der Waals surface area contributed by atoms with Gasteiger partial charge in [-0.1, -0.05) is 12.1 Å². The number of halogens is 3. The van der Waals surface area contributed by atoms with E-state index < -0.39 is 17.3 Å². The second-order valence-corrected chi connectivity index (χ2v) is 9.44. The molecular weight excluding hydrogens is 433 g/mol. The van der Waals surface area contributed by atoms with Crippen LogP contribution in [0.2, 0.25) is 0 Å². The third-order valence-corrected chi connectivity index (χ3v) is 5.70. The molecule has 33 heavy (non-hydrogen) atoms. The average Bonchev–Trinajstić information content (AvgIpc) is 3.16. The Kier molecular flexibility index (Phi) is 6.07. The van der Waals surface area contributed by atoms with E-state index in [1.165, 1.54) is 6.07 Å². The molecule has 176 valence electrons. The van der Waals surface area contributed by atoms with Crippen molar-refractivity contribution in [2.45, 2.75) is 51.8 Å². The number of hydrogen-bond donors (Lipinski definition) is 0. The quantitative estimate of drug-likeness (QED) is 0.510. The van der Waals surface area contributed by atoms with Gasteiger partial charge in [0.1, 0.15) is 5.60 Å². The minimum Gasteiger partial charge on any atom is -0.444 e. The number of nitrogens with zero attached hydrogens (tertiary/aromatic N) is 4. The second kappa shape index (κ2) is 8.68. The van der Waals surface area contributed by atoms with Gasteiger partial charge in [0, 0.05) is 24.8 Å². The molecule has 1 saturated heterocycles. The molecule has 3 heterocycles. The number of likely N-dealkylation sites (tertiary alicyclic amines) is 1. The van der Waals surface area contributed by atoms with E-state index in [0.29, 0.717) is 35.9 Å². The van der Waals surface area contributed by atoms with E-state index in [4.69, 9.17) is 4.74 Å². The highest BCUT2D eigenvalue weighted by atomic mass is 19.4. The number of fused-ring (bicyclic) bond motifs is 1. The van der Waals surface area contributed by atoms with Crippen LogP contribution in [0.1, 0.15) is 44.9 Å². The molecule has 0 atom stereocenters. The highest BCUT2D eigenvalue weighted by Crippen LogP contribution is 2.32. The molecule has 1 fully saturated rings. The summed E-state index contributed by atoms with van der Waals surface area (Å²) in [5.74, 6) is 0.356. The van der Waals surface area contributed by atoms with E-state index in [9.17, 15) is 18.0 Å². The first kappa shape index (κ1) is 23.1. The van der Waals surface area contributed by atoms with E-state index in [1.807, 2.05) is 27.0 Å². The lowest BCUT2D eigenvalue weighted by atomic mass is 9.92. The first-order valence-corrected chi connectivity index (χ1v) is 11.0. The van der Waals surface area contributed by atoms with E-state index >= 15 is 0 Å². The maximum atomic E-state index is 13.1. The largest absolute Gasteiger partial charge is 0.444 e. The molecule has 3 aromatic rings. The fraction of sp³-hybridized carbons (Fsp3) is 0.458. The Labute approximate surface area is 190 Å². The Morgan fingerprint density at radius 1 is 1.12 bits per heavy atom. The van der Waals surface area contributed by atoms with Gasteiger partial charge in [0.05, 0.1) is 29.3 Å². The zero-order chi connectivity index (χ0) is 23.8. The monoisotopic (exact) mass is 460 g/mol.